The first kappa shape index (κ1) is 58.3. The molecule has 0 spiro atoms. The van der Waals surface area contributed by atoms with Crippen LogP contribution in [0.5, 0.6) is 17.2 Å². The lowest BCUT2D eigenvalue weighted by Gasteiger charge is -2.33. The number of aliphatic hydroxyl groups is 2. The number of rotatable bonds is 21. The number of phosphoric acid groups is 3. The standard InChI is InChI=1S/C45H40Cl2N3O24P3/c1-22-48-45(57)27(16-49(22)37-15-33(54)36(71-37)20-70-76(63,64)74-77(65,66)73-75(60,61)62)19-68-18-25-8-7-23(11-31(25)50(58)59)5-3-4-6-32(53)24-9-10-34(69-21-52)28(12-24)38-29-13-26(17-51)41(55)39(46)43(29)72-44-30(38)14-35(67-2)42(56)40(44)47/h7-14,16,21,33,36-37,51,54-55H,1,4,6,15,17-20H2,2H3,(H,48,57)(H,63,64)(H,65,66)(H2,60,61,62)/t33?,36-,37-/m1/s1. The van der Waals surface area contributed by atoms with Gasteiger partial charge in [-0.1, -0.05) is 41.6 Å². The monoisotopic (exact) mass is 1170 g/mol. The van der Waals surface area contributed by atoms with Crippen molar-refractivity contribution in [3.05, 3.63) is 125 Å². The average molecular weight is 1170 g/mol. The molecule has 0 radical (unpaired) electrons. The summed E-state index contributed by atoms with van der Waals surface area (Å²) in [5, 5.41) is 45.3. The zero-order valence-corrected chi connectivity index (χ0v) is 43.4. The van der Waals surface area contributed by atoms with Crippen molar-refractivity contribution in [2.45, 2.75) is 50.9 Å². The number of phenols is 1. The van der Waals surface area contributed by atoms with E-state index in [4.69, 9.17) is 56.4 Å². The van der Waals surface area contributed by atoms with Crippen molar-refractivity contribution < 1.29 is 104 Å². The number of aliphatic hydroxyl groups excluding tert-OH is 2. The molecule has 4 aliphatic rings. The highest BCUT2D eigenvalue weighted by atomic mass is 35.5. The van der Waals surface area contributed by atoms with Gasteiger partial charge in [0, 0.05) is 70.3 Å². The summed E-state index contributed by atoms with van der Waals surface area (Å²) < 4.78 is 74.5. The molecule has 0 aromatic heterocycles. The van der Waals surface area contributed by atoms with Crippen molar-refractivity contribution in [2.24, 2.45) is 0 Å². The van der Waals surface area contributed by atoms with Crippen molar-refractivity contribution in [2.75, 3.05) is 20.3 Å². The fourth-order valence-electron chi connectivity index (χ4n) is 7.84. The Morgan fingerprint density at radius 2 is 1.74 bits per heavy atom. The topological polar surface area (TPSA) is 397 Å². The van der Waals surface area contributed by atoms with Crippen molar-refractivity contribution in [1.29, 1.82) is 0 Å². The second-order valence-corrected chi connectivity index (χ2v) is 21.5. The van der Waals surface area contributed by atoms with Crippen LogP contribution in [0.1, 0.15) is 46.3 Å². The third-order valence-electron chi connectivity index (χ3n) is 11.3. The van der Waals surface area contributed by atoms with E-state index in [1.807, 2.05) is 0 Å². The number of benzene rings is 4. The molecule has 3 aliphatic heterocycles. The molecule has 0 bridgehead atoms. The Bertz CT molecular complexity index is 3520. The quantitative estimate of drug-likeness (QED) is 0.00835. The van der Waals surface area contributed by atoms with Crippen LogP contribution < -0.4 is 20.2 Å². The Balaban J connectivity index is 1.02. The molecule has 3 heterocycles. The van der Waals surface area contributed by atoms with Gasteiger partial charge in [-0.25, -0.2) is 13.7 Å². The number of halogens is 2. The molecular weight excluding hydrogens is 1130 g/mol. The number of nitro benzene ring substituents is 1. The van der Waals surface area contributed by atoms with Gasteiger partial charge in [0.25, 0.3) is 18.1 Å². The number of nitrogens with zero attached hydrogens (tertiary/aromatic N) is 2. The highest BCUT2D eigenvalue weighted by Gasteiger charge is 2.44. The number of carbonyl (C=O) groups is 3. The van der Waals surface area contributed by atoms with Crippen LogP contribution in [0, 0.1) is 22.0 Å². The van der Waals surface area contributed by atoms with Gasteiger partial charge in [0.05, 0.1) is 55.7 Å². The first-order valence-corrected chi connectivity index (χ1v) is 27.0. The first-order valence-electron chi connectivity index (χ1n) is 21.8. The van der Waals surface area contributed by atoms with E-state index in [-0.39, 0.29) is 116 Å². The number of fused-ring (bicyclic) bond motifs is 2. The summed E-state index contributed by atoms with van der Waals surface area (Å²) in [4.78, 5) is 101. The minimum atomic E-state index is -5.81. The number of carbonyl (C=O) groups excluding carboxylic acids is 3. The zero-order valence-electron chi connectivity index (χ0n) is 39.2. The van der Waals surface area contributed by atoms with E-state index < -0.39 is 100 Å². The molecule has 0 saturated carbocycles. The van der Waals surface area contributed by atoms with Gasteiger partial charge in [0.1, 0.15) is 39.7 Å². The number of methoxy groups -OCH3 is 1. The van der Waals surface area contributed by atoms with Crippen LogP contribution in [0.15, 0.2) is 81.9 Å². The van der Waals surface area contributed by atoms with E-state index >= 15 is 0 Å². The van der Waals surface area contributed by atoms with E-state index in [1.54, 1.807) is 0 Å². The largest absolute Gasteiger partial charge is 0.506 e. The minimum Gasteiger partial charge on any atom is -0.506 e. The normalized spacial score (nSPS) is 18.2. The third-order valence-corrected chi connectivity index (χ3v) is 15.8. The van der Waals surface area contributed by atoms with Gasteiger partial charge in [-0.05, 0) is 42.5 Å². The number of hydrogen-bond acceptors (Lipinski definition) is 21. The van der Waals surface area contributed by atoms with Crippen LogP contribution in [0.25, 0.3) is 33.4 Å². The maximum atomic E-state index is 13.7. The Labute approximate surface area is 442 Å². The van der Waals surface area contributed by atoms with Crippen LogP contribution in [0.4, 0.5) is 5.69 Å². The van der Waals surface area contributed by atoms with Gasteiger partial charge in [0.15, 0.2) is 22.9 Å². The van der Waals surface area contributed by atoms with Gasteiger partial charge >= 0.3 is 23.5 Å². The number of hydrogen-bond donors (Lipinski definition) is 8. The molecule has 32 heteroatoms. The summed E-state index contributed by atoms with van der Waals surface area (Å²) in [5.74, 6) is 3.45. The van der Waals surface area contributed by atoms with Crippen LogP contribution in [-0.4, -0.2) is 102 Å². The predicted molar refractivity (Wildman–Crippen MR) is 265 cm³/mol. The maximum absolute atomic E-state index is 13.7. The second-order valence-electron chi connectivity index (χ2n) is 16.3. The molecule has 408 valence electrons. The van der Waals surface area contributed by atoms with Crippen LogP contribution in [0.2, 0.25) is 10.0 Å². The highest BCUT2D eigenvalue weighted by Crippen LogP contribution is 2.66. The summed E-state index contributed by atoms with van der Waals surface area (Å²) in [6.45, 7) is 1.44. The van der Waals surface area contributed by atoms with Crippen molar-refractivity contribution >= 4 is 81.5 Å². The van der Waals surface area contributed by atoms with E-state index in [0.29, 0.717) is 0 Å². The Hall–Kier alpha value is -6.37. The average Bonchev–Trinajstić information content (AvgIpc) is 3.77. The summed E-state index contributed by atoms with van der Waals surface area (Å²) in [6.07, 6.45) is -3.14. The summed E-state index contributed by atoms with van der Waals surface area (Å²) in [6, 6.07) is 10.8. The molecule has 3 unspecified atom stereocenters. The lowest BCUT2D eigenvalue weighted by molar-refractivity contribution is -0.386. The first-order chi connectivity index (χ1) is 36.2. The van der Waals surface area contributed by atoms with Crippen LogP contribution in [-0.2, 0) is 59.1 Å². The lowest BCUT2D eigenvalue weighted by Crippen LogP contribution is -2.43. The number of aromatic hydroxyl groups is 1. The molecule has 3 aromatic carbocycles. The number of ether oxygens (including phenoxy) is 4. The second kappa shape index (κ2) is 23.7. The minimum absolute atomic E-state index is 0.0244. The molecule has 8 N–H and O–H groups in total. The Morgan fingerprint density at radius 3 is 2.42 bits per heavy atom. The Kier molecular flexibility index (Phi) is 18.0. The van der Waals surface area contributed by atoms with Crippen LogP contribution >= 0.6 is 46.7 Å². The fourth-order valence-corrected chi connectivity index (χ4v) is 11.4. The smallest absolute Gasteiger partial charge is 0.490 e. The van der Waals surface area contributed by atoms with Gasteiger partial charge in [-0.15, -0.1) is 0 Å². The number of Topliss-reactive ketones (excluding diaryl/α,β-unsaturated/α-hetero) is 1. The van der Waals surface area contributed by atoms with Gasteiger partial charge in [-0.2, -0.15) is 8.62 Å². The number of nitro groups is 1. The molecule has 1 fully saturated rings. The number of phosphoric ester groups is 1. The number of ketones is 1. The fraction of sp³-hybridized carbons (Fsp3) is 0.244. The summed E-state index contributed by atoms with van der Waals surface area (Å²) >= 11 is 13.0. The molecule has 5 atom stereocenters. The maximum Gasteiger partial charge on any atom is 0.490 e. The number of nitrogens with one attached hydrogen (secondary N) is 1. The van der Waals surface area contributed by atoms with E-state index in [9.17, 15) is 68.1 Å². The zero-order chi connectivity index (χ0) is 56.3. The summed E-state index contributed by atoms with van der Waals surface area (Å²) in [5.41, 5.74) is -0.609. The van der Waals surface area contributed by atoms with E-state index in [1.165, 1.54) is 66.7 Å². The van der Waals surface area contributed by atoms with Crippen molar-refractivity contribution in [3.63, 3.8) is 0 Å². The molecule has 1 aliphatic carbocycles. The van der Waals surface area contributed by atoms with Gasteiger partial charge in [0.2, 0.25) is 5.43 Å². The highest BCUT2D eigenvalue weighted by molar-refractivity contribution is 7.66. The molecular formula is C45H40Cl2N3O24P3. The Morgan fingerprint density at radius 1 is 1.00 bits per heavy atom. The molecule has 1 amide bonds. The van der Waals surface area contributed by atoms with Gasteiger partial charge in [-0.3, -0.25) is 33.8 Å². The predicted octanol–water partition coefficient (Wildman–Crippen LogP) is 5.66. The van der Waals surface area contributed by atoms with Crippen molar-refractivity contribution in [1.82, 2.24) is 10.2 Å². The lowest BCUT2D eigenvalue weighted by atomic mass is 9.90. The summed E-state index contributed by atoms with van der Waals surface area (Å²) in [7, 11) is -15.8. The van der Waals surface area contributed by atoms with Gasteiger partial charge < -0.3 is 68.5 Å². The van der Waals surface area contributed by atoms with Crippen molar-refractivity contribution in [3.8, 4) is 51.5 Å². The molecule has 3 aromatic rings. The molecule has 7 rings (SSSR count). The number of amides is 1. The van der Waals surface area contributed by atoms with Crippen LogP contribution in [0.3, 0.4) is 0 Å². The van der Waals surface area contributed by atoms with E-state index in [2.05, 4.69) is 36.9 Å². The third kappa shape index (κ3) is 13.5. The SMILES string of the molecule is C=C1NC(=O)C(COCc2ccc(C#CCCC(=O)c3ccc(OC=O)c(-c4c5cc(OC)c(=O)c(Cl)c-5oc5c(Cl)c(O)c(CO)cc45)c3)cc2[N+](=O)[O-])=CN1[C@H]1CC(O)[C@@H](COP(=O)(O)OP(=O)(O)OP(=O)(O)O)O1. The molecule has 77 heavy (non-hydrogen) atoms. The van der Waals surface area contributed by atoms with E-state index in [0.717, 1.165) is 0 Å². The molecule has 1 saturated heterocycles. The molecule has 27 nitrogen and oxygen atoms in total.